The molecule has 0 saturated heterocycles. The summed E-state index contributed by atoms with van der Waals surface area (Å²) in [5.41, 5.74) is -0.340. The summed E-state index contributed by atoms with van der Waals surface area (Å²) in [4.78, 5) is 24.8. The molecule has 4 rings (SSSR count). The fourth-order valence-corrected chi connectivity index (χ4v) is 3.61. The third-order valence-corrected chi connectivity index (χ3v) is 4.74. The van der Waals surface area contributed by atoms with E-state index in [4.69, 9.17) is 9.47 Å². The fourth-order valence-electron chi connectivity index (χ4n) is 3.61. The number of esters is 1. The van der Waals surface area contributed by atoms with E-state index >= 15 is 0 Å². The van der Waals surface area contributed by atoms with Crippen molar-refractivity contribution in [3.8, 4) is 0 Å². The summed E-state index contributed by atoms with van der Waals surface area (Å²) in [6, 6.07) is 2.49. The second-order valence-electron chi connectivity index (χ2n) is 6.38. The van der Waals surface area contributed by atoms with Gasteiger partial charge in [0.1, 0.15) is 12.4 Å². The van der Waals surface area contributed by atoms with Crippen molar-refractivity contribution in [1.29, 1.82) is 0 Å². The molecule has 0 aromatic heterocycles. The predicted molar refractivity (Wildman–Crippen MR) is 82.7 cm³/mol. The Bertz CT molecular complexity index is 874. The average Bonchev–Trinajstić information content (AvgIpc) is 2.60. The number of ketones is 1. The molecule has 1 unspecified atom stereocenters. The number of nitrogens with one attached hydrogen (secondary N) is 1. The number of carbonyl (C=O) groups is 2. The number of Topliss-reactive ketones (excluding diaryl/α,β-unsaturated/α-hetero) is 1. The molecule has 0 fully saturated rings. The van der Waals surface area contributed by atoms with Crippen molar-refractivity contribution in [2.75, 3.05) is 19.8 Å². The van der Waals surface area contributed by atoms with Crippen LogP contribution in [0, 0.1) is 5.82 Å². The number of carbonyl (C=O) groups excluding carboxylic acids is 2. The van der Waals surface area contributed by atoms with Gasteiger partial charge in [-0.25, -0.2) is 9.18 Å². The topological polar surface area (TPSA) is 64.6 Å². The first-order valence-corrected chi connectivity index (χ1v) is 8.15. The summed E-state index contributed by atoms with van der Waals surface area (Å²) in [6.07, 6.45) is -4.58. The first-order valence-electron chi connectivity index (χ1n) is 8.15. The van der Waals surface area contributed by atoms with E-state index in [0.717, 1.165) is 6.07 Å². The van der Waals surface area contributed by atoms with Crippen LogP contribution in [0.1, 0.15) is 23.5 Å². The van der Waals surface area contributed by atoms with Crippen LogP contribution >= 0.6 is 0 Å². The lowest BCUT2D eigenvalue weighted by atomic mass is 9.77. The van der Waals surface area contributed by atoms with Crippen LogP contribution in [-0.4, -0.2) is 31.6 Å². The third kappa shape index (κ3) is 2.91. The molecule has 1 atom stereocenters. The van der Waals surface area contributed by atoms with E-state index in [2.05, 4.69) is 5.32 Å². The molecule has 0 spiro atoms. The highest BCUT2D eigenvalue weighted by atomic mass is 19.4. The maximum absolute atomic E-state index is 13.7. The second-order valence-corrected chi connectivity index (χ2v) is 6.38. The van der Waals surface area contributed by atoms with Gasteiger partial charge in [0.25, 0.3) is 0 Å². The monoisotopic (exact) mass is 383 g/mol. The molecule has 5 nitrogen and oxygen atoms in total. The van der Waals surface area contributed by atoms with E-state index in [1.165, 1.54) is 0 Å². The van der Waals surface area contributed by atoms with Crippen molar-refractivity contribution in [3.05, 3.63) is 57.7 Å². The molecular formula is C18H13F4NO4. The summed E-state index contributed by atoms with van der Waals surface area (Å²) in [5.74, 6) is -3.65. The van der Waals surface area contributed by atoms with Crippen LogP contribution < -0.4 is 5.32 Å². The number of hydrogen-bond donors (Lipinski definition) is 1. The van der Waals surface area contributed by atoms with Crippen LogP contribution in [-0.2, 0) is 25.2 Å². The van der Waals surface area contributed by atoms with Crippen molar-refractivity contribution >= 4 is 11.8 Å². The first kappa shape index (κ1) is 17.7. The molecule has 1 aromatic carbocycles. The zero-order chi connectivity index (χ0) is 19.3. The minimum absolute atomic E-state index is 0.000625. The van der Waals surface area contributed by atoms with Gasteiger partial charge in [0.05, 0.1) is 24.4 Å². The molecule has 0 aliphatic carbocycles. The molecule has 27 heavy (non-hydrogen) atoms. The molecule has 3 aliphatic heterocycles. The van der Waals surface area contributed by atoms with Gasteiger partial charge >= 0.3 is 12.1 Å². The molecule has 1 aromatic rings. The van der Waals surface area contributed by atoms with E-state index in [9.17, 15) is 27.2 Å². The maximum atomic E-state index is 13.7. The van der Waals surface area contributed by atoms with Crippen LogP contribution in [0.2, 0.25) is 0 Å². The molecule has 3 heterocycles. The van der Waals surface area contributed by atoms with Gasteiger partial charge in [0.15, 0.2) is 5.78 Å². The van der Waals surface area contributed by atoms with E-state index in [1.807, 2.05) is 0 Å². The number of hydrogen-bond acceptors (Lipinski definition) is 5. The Balaban J connectivity index is 1.92. The number of cyclic esters (lactones) is 1. The summed E-state index contributed by atoms with van der Waals surface area (Å²) >= 11 is 0. The van der Waals surface area contributed by atoms with E-state index in [-0.39, 0.29) is 36.5 Å². The number of ether oxygens (including phenoxy) is 2. The third-order valence-electron chi connectivity index (χ3n) is 4.74. The van der Waals surface area contributed by atoms with Gasteiger partial charge < -0.3 is 14.8 Å². The van der Waals surface area contributed by atoms with E-state index in [0.29, 0.717) is 29.9 Å². The molecule has 142 valence electrons. The van der Waals surface area contributed by atoms with Crippen LogP contribution in [0.15, 0.2) is 40.7 Å². The Morgan fingerprint density at radius 1 is 1.07 bits per heavy atom. The molecule has 0 saturated carbocycles. The number of alkyl halides is 3. The smallest absolute Gasteiger partial charge is 0.419 e. The highest BCUT2D eigenvalue weighted by molar-refractivity contribution is 6.04. The number of halogens is 4. The molecule has 0 radical (unpaired) electrons. The number of rotatable bonds is 1. The second kappa shape index (κ2) is 6.19. The Hall–Kier alpha value is -2.68. The summed E-state index contributed by atoms with van der Waals surface area (Å²) in [7, 11) is 0. The van der Waals surface area contributed by atoms with Crippen molar-refractivity contribution in [1.82, 2.24) is 5.32 Å². The van der Waals surface area contributed by atoms with Crippen LogP contribution in [0.5, 0.6) is 0 Å². The molecule has 9 heteroatoms. The first-order chi connectivity index (χ1) is 12.8. The molecule has 0 bridgehead atoms. The molecule has 1 N–H and O–H groups in total. The Kier molecular flexibility index (Phi) is 4.06. The van der Waals surface area contributed by atoms with Crippen molar-refractivity contribution in [2.24, 2.45) is 0 Å². The van der Waals surface area contributed by atoms with Gasteiger partial charge in [0.2, 0.25) is 0 Å². The van der Waals surface area contributed by atoms with Gasteiger partial charge in [0, 0.05) is 29.3 Å². The largest absolute Gasteiger partial charge is 0.462 e. The van der Waals surface area contributed by atoms with Crippen LogP contribution in [0.4, 0.5) is 17.6 Å². The molecule has 0 amide bonds. The SMILES string of the molecule is O=C1COCC2=C1C(c1ccc(F)c(C(F)(F)F)c1)C1=C(CCOC1=O)N2. The van der Waals surface area contributed by atoms with Gasteiger partial charge in [-0.05, 0) is 17.7 Å². The predicted octanol–water partition coefficient (Wildman–Crippen LogP) is 2.59. The lowest BCUT2D eigenvalue weighted by Gasteiger charge is -2.36. The van der Waals surface area contributed by atoms with E-state index < -0.39 is 35.2 Å². The normalized spacial score (nSPS) is 22.9. The summed E-state index contributed by atoms with van der Waals surface area (Å²) in [6.45, 7) is -0.0647. The van der Waals surface area contributed by atoms with Gasteiger partial charge in [-0.15, -0.1) is 0 Å². The quantitative estimate of drug-likeness (QED) is 0.597. The molecular weight excluding hydrogens is 370 g/mol. The Morgan fingerprint density at radius 2 is 1.85 bits per heavy atom. The minimum Gasteiger partial charge on any atom is -0.462 e. The van der Waals surface area contributed by atoms with Crippen molar-refractivity contribution in [2.45, 2.75) is 18.5 Å². The highest BCUT2D eigenvalue weighted by Gasteiger charge is 2.43. The standard InChI is InChI=1S/C18H13F4NO4/c19-10-2-1-8(5-9(10)18(20,21)22)14-15-12(6-26-7-13(15)24)23-11-3-4-27-17(25)16(11)14/h1-2,5,14,23H,3-4,6-7H2. The van der Waals surface area contributed by atoms with Crippen molar-refractivity contribution < 1.29 is 36.6 Å². The zero-order valence-electron chi connectivity index (χ0n) is 13.8. The van der Waals surface area contributed by atoms with Crippen LogP contribution in [0.25, 0.3) is 0 Å². The van der Waals surface area contributed by atoms with Gasteiger partial charge in [-0.1, -0.05) is 6.07 Å². The fraction of sp³-hybridized carbons (Fsp3) is 0.333. The highest BCUT2D eigenvalue weighted by Crippen LogP contribution is 2.43. The van der Waals surface area contributed by atoms with E-state index in [1.54, 1.807) is 0 Å². The zero-order valence-corrected chi connectivity index (χ0v) is 13.8. The minimum atomic E-state index is -4.91. The summed E-state index contributed by atoms with van der Waals surface area (Å²) in [5, 5.41) is 2.99. The van der Waals surface area contributed by atoms with Gasteiger partial charge in [-0.3, -0.25) is 4.79 Å². The Morgan fingerprint density at radius 3 is 2.59 bits per heavy atom. The van der Waals surface area contributed by atoms with Crippen molar-refractivity contribution in [3.63, 3.8) is 0 Å². The average molecular weight is 383 g/mol. The van der Waals surface area contributed by atoms with Crippen LogP contribution in [0.3, 0.4) is 0 Å². The Labute approximate surface area is 150 Å². The molecule has 3 aliphatic rings. The lowest BCUT2D eigenvalue weighted by Crippen LogP contribution is -2.40. The number of dihydropyridines is 1. The summed E-state index contributed by atoms with van der Waals surface area (Å²) < 4.78 is 63.4. The number of benzene rings is 1. The lowest BCUT2D eigenvalue weighted by molar-refractivity contribution is -0.140. The maximum Gasteiger partial charge on any atom is 0.419 e. The van der Waals surface area contributed by atoms with Gasteiger partial charge in [-0.2, -0.15) is 13.2 Å².